The Morgan fingerprint density at radius 2 is 1.13 bits per heavy atom. The van der Waals surface area contributed by atoms with Gasteiger partial charge in [-0.1, -0.05) is 90.1 Å². The van der Waals surface area contributed by atoms with Gasteiger partial charge in [0.15, 0.2) is 5.11 Å². The second kappa shape index (κ2) is 47.3. The number of hydrogen-bond donors (Lipinski definition) is 7. The maximum atomic E-state index is 11.0. The molecule has 0 atom stereocenters. The summed E-state index contributed by atoms with van der Waals surface area (Å²) in [6.45, 7) is 13.7. The topological polar surface area (TPSA) is 187 Å². The van der Waals surface area contributed by atoms with Gasteiger partial charge in [-0.25, -0.2) is 5.26 Å². The minimum absolute atomic E-state index is 0. The van der Waals surface area contributed by atoms with Crippen molar-refractivity contribution in [2.24, 2.45) is 0 Å². The number of carbonyl (C=O) groups is 4. The average molecular weight is 790 g/mol. The van der Waals surface area contributed by atoms with E-state index in [4.69, 9.17) is 22.6 Å². The van der Waals surface area contributed by atoms with Gasteiger partial charge in [-0.15, -0.1) is 4.33 Å². The van der Waals surface area contributed by atoms with E-state index in [2.05, 4.69) is 62.3 Å². The Morgan fingerprint density at radius 3 is 1.56 bits per heavy atom. The molecule has 1 rings (SSSR count). The van der Waals surface area contributed by atoms with E-state index in [9.17, 15) is 19.2 Å². The molecule has 0 saturated heterocycles. The van der Waals surface area contributed by atoms with Crippen LogP contribution in [-0.4, -0.2) is 56.9 Å². The van der Waals surface area contributed by atoms with Crippen molar-refractivity contribution in [3.63, 3.8) is 0 Å². The molecule has 0 spiro atoms. The number of benzene rings is 1. The minimum Gasteiger partial charge on any atom is -0.481 e. The quantitative estimate of drug-likeness (QED) is 0.0174. The monoisotopic (exact) mass is 789 g/mol. The highest BCUT2D eigenvalue weighted by Gasteiger charge is 2.00. The Bertz CT molecular complexity index is 1080. The molecule has 3 amide bonds. The van der Waals surface area contributed by atoms with E-state index < -0.39 is 5.97 Å². The molecule has 1 aromatic rings. The molecule has 298 valence electrons. The number of anilines is 1. The number of nitrogens with one attached hydrogen (secondary N) is 5. The highest BCUT2D eigenvalue weighted by Crippen LogP contribution is 2.10. The van der Waals surface area contributed by atoms with Crippen LogP contribution in [0.1, 0.15) is 91.9 Å². The van der Waals surface area contributed by atoms with Crippen LogP contribution in [0.4, 0.5) is 5.69 Å². The molecule has 0 heterocycles. The number of thioether (sulfide) groups is 1. The maximum absolute atomic E-state index is 11.0. The third-order valence-electron chi connectivity index (χ3n) is 5.59. The van der Waals surface area contributed by atoms with Gasteiger partial charge < -0.3 is 31.7 Å². The summed E-state index contributed by atoms with van der Waals surface area (Å²) in [6, 6.07) is 9.72. The van der Waals surface area contributed by atoms with E-state index in [-0.39, 0.29) is 39.0 Å². The summed E-state index contributed by atoms with van der Waals surface area (Å²) in [6.07, 6.45) is 16.6. The zero-order valence-electron chi connectivity index (χ0n) is 29.0. The Hall–Kier alpha value is -3.67. The lowest BCUT2D eigenvalue weighted by Crippen LogP contribution is -2.22. The van der Waals surface area contributed by atoms with E-state index >= 15 is 0 Å². The molecule has 7 N–H and O–H groups in total. The van der Waals surface area contributed by atoms with Crippen LogP contribution >= 0.6 is 36.0 Å². The molecule has 16 heteroatoms. The first kappa shape index (κ1) is 57.7. The molecule has 0 unspecified atom stereocenters. The van der Waals surface area contributed by atoms with Crippen LogP contribution in [0.5, 0.6) is 0 Å². The number of amides is 3. The number of carbonyl (C=O) groups excluding carboxylic acids is 3. The van der Waals surface area contributed by atoms with E-state index in [1.807, 2.05) is 36.6 Å². The molecular weight excluding hydrogens is 727 g/mol. The van der Waals surface area contributed by atoms with E-state index in [0.717, 1.165) is 74.2 Å². The number of rotatable bonds is 24. The Balaban J connectivity index is -0.000000189. The highest BCUT2D eigenvalue weighted by molar-refractivity contribution is 7.98. The van der Waals surface area contributed by atoms with Crippen molar-refractivity contribution in [1.82, 2.24) is 21.3 Å². The summed E-state index contributed by atoms with van der Waals surface area (Å²) in [5.74, 6) is 0.905. The summed E-state index contributed by atoms with van der Waals surface area (Å²) in [5.41, 5.74) is 0.969. The molecule has 0 aliphatic carbocycles. The van der Waals surface area contributed by atoms with Crippen molar-refractivity contribution in [2.45, 2.75) is 91.9 Å². The van der Waals surface area contributed by atoms with Gasteiger partial charge in [-0.2, -0.15) is 11.8 Å². The number of carboxylic acids is 1. The lowest BCUT2D eigenvalue weighted by atomic mass is 10.1. The van der Waals surface area contributed by atoms with Gasteiger partial charge in [-0.05, 0) is 81.1 Å². The lowest BCUT2D eigenvalue weighted by molar-refractivity contribution is -0.432. The first-order valence-corrected chi connectivity index (χ1v) is 18.6. The van der Waals surface area contributed by atoms with Crippen LogP contribution in [0, 0.1) is 0 Å². The third kappa shape index (κ3) is 50.7. The molecule has 13 nitrogen and oxygen atoms in total. The maximum Gasteiger partial charge on any atom is 0.303 e. The fourth-order valence-corrected chi connectivity index (χ4v) is 4.33. The van der Waals surface area contributed by atoms with E-state index in [1.54, 1.807) is 11.8 Å². The number of carboxylic acid groups (broad SMARTS) is 1. The number of unbranched alkanes of at least 4 members (excludes halogenated alkanes) is 6. The number of thiocarbonyl (C=S) groups is 1. The van der Waals surface area contributed by atoms with Gasteiger partial charge in [0.05, 0.1) is 0 Å². The van der Waals surface area contributed by atoms with E-state index in [0.29, 0.717) is 30.8 Å². The van der Waals surface area contributed by atoms with Gasteiger partial charge >= 0.3 is 5.97 Å². The van der Waals surface area contributed by atoms with Gasteiger partial charge in [-0.3, -0.25) is 19.2 Å². The van der Waals surface area contributed by atoms with Crippen molar-refractivity contribution in [1.29, 1.82) is 0 Å². The number of aliphatic carboxylic acids is 1. The normalized spacial score (nSPS) is 8.88. The zero-order chi connectivity index (χ0) is 38.1. The van der Waals surface area contributed by atoms with Gasteiger partial charge in [0.1, 0.15) is 0 Å². The molecule has 0 fully saturated rings. The summed E-state index contributed by atoms with van der Waals surface area (Å²) in [4.78, 5) is 42.6. The summed E-state index contributed by atoms with van der Waals surface area (Å²) in [7, 11) is 0. The van der Waals surface area contributed by atoms with Crippen molar-refractivity contribution in [3.8, 4) is 0 Å². The number of para-hydroxylation sites is 1. The molecule has 0 aromatic heterocycles. The number of hydrogen-bond acceptors (Lipinski definition) is 10. The summed E-state index contributed by atoms with van der Waals surface area (Å²) in [5, 5.41) is 33.4. The molecular formula is C36H63N5O8S3. The van der Waals surface area contributed by atoms with Gasteiger partial charge in [0, 0.05) is 54.9 Å². The average Bonchev–Trinajstić information content (AvgIpc) is 3.08. The van der Waals surface area contributed by atoms with Crippen LogP contribution in [0.3, 0.4) is 0 Å². The van der Waals surface area contributed by atoms with Crippen LogP contribution < -0.4 is 26.6 Å². The summed E-state index contributed by atoms with van der Waals surface area (Å²) < 4.78 is 4.21. The Morgan fingerprint density at radius 1 is 0.692 bits per heavy atom. The van der Waals surface area contributed by atoms with Crippen LogP contribution in [-0.2, 0) is 28.6 Å². The Kier molecular flexibility index (Phi) is 52.5. The predicted molar refractivity (Wildman–Crippen MR) is 223 cm³/mol. The van der Waals surface area contributed by atoms with Crippen LogP contribution in [0.2, 0.25) is 0 Å². The smallest absolute Gasteiger partial charge is 0.303 e. The molecule has 0 radical (unpaired) electrons. The van der Waals surface area contributed by atoms with Gasteiger partial charge in [0.25, 0.3) is 0 Å². The second-order valence-corrected chi connectivity index (χ2v) is 11.8. The highest BCUT2D eigenvalue weighted by atomic mass is 32.2. The van der Waals surface area contributed by atoms with E-state index in [1.165, 1.54) is 24.8 Å². The van der Waals surface area contributed by atoms with Crippen LogP contribution in [0.25, 0.3) is 0 Å². The fourth-order valence-electron chi connectivity index (χ4n) is 3.31. The fraction of sp³-hybridized carbons (Fsp3) is 0.472. The Labute approximate surface area is 326 Å². The van der Waals surface area contributed by atoms with Crippen molar-refractivity contribution >= 4 is 70.5 Å². The summed E-state index contributed by atoms with van der Waals surface area (Å²) >= 11 is 7.66. The van der Waals surface area contributed by atoms with Crippen molar-refractivity contribution in [2.75, 3.05) is 23.1 Å². The molecule has 0 aliphatic heterocycles. The first-order valence-electron chi connectivity index (χ1n) is 15.9. The SMILES string of the molecule is C.C.C=CNC(=O)CCCCCCC(=O)O.C=CNC(=O)CCCCCCSOOO.C=CNC(=O)CCSC.C=CNC(=S)Nc1ccccc1. The lowest BCUT2D eigenvalue weighted by Gasteiger charge is -2.05. The largest absolute Gasteiger partial charge is 0.481 e. The van der Waals surface area contributed by atoms with Gasteiger partial charge in [0.2, 0.25) is 17.7 Å². The third-order valence-corrected chi connectivity index (χ3v) is 7.04. The molecule has 0 aliphatic rings. The van der Waals surface area contributed by atoms with Crippen molar-refractivity contribution in [3.05, 3.63) is 81.4 Å². The zero-order valence-corrected chi connectivity index (χ0v) is 31.4. The van der Waals surface area contributed by atoms with Crippen LogP contribution in [0.15, 0.2) is 81.4 Å². The molecule has 0 saturated carbocycles. The first-order chi connectivity index (χ1) is 24.1. The second-order valence-electron chi connectivity index (χ2n) is 9.66. The molecule has 52 heavy (non-hydrogen) atoms. The molecule has 1 aromatic carbocycles. The minimum atomic E-state index is -0.755. The standard InChI is InChI=1S/C10H17NO3.C9H10N2S.C9H17NO4S.C6H11NOS.2CH4/c1-2-11-9(12)7-5-3-4-6-8-10(13)14;1-2-10-9(12)11-8-6-4-3-5-7-8;1-2-10-9(11)7-5-3-4-6-8-15-14-13-12;1-3-7-6(8)4-5-9-2;;/h2H,1,3-8H2,(H,11,12)(H,13,14);2-7H,1H2,(H2,10,11,12);2,12H,1,3-8H2,(H,10,11);3H,1,4-5H2,2H3,(H,7,8);2*1H4. The molecule has 0 bridgehead atoms. The predicted octanol–water partition coefficient (Wildman–Crippen LogP) is 8.33. The van der Waals surface area contributed by atoms with Crippen molar-refractivity contribution < 1.29 is 38.9 Å².